The molecule has 2 unspecified atom stereocenters. The third kappa shape index (κ3) is 6.63. The van der Waals surface area contributed by atoms with E-state index in [4.69, 9.17) is 11.6 Å². The molecular weight excluding hydrogens is 435 g/mol. The monoisotopic (exact) mass is 456 g/mol. The summed E-state index contributed by atoms with van der Waals surface area (Å²) in [5, 5.41) is 9.89. The Morgan fingerprint density at radius 3 is 2.32 bits per heavy atom. The molecule has 0 saturated carbocycles. The SMILES string of the molecule is CC(NS(=O)(=O)Cc1ccc(F)cc1)C(Cc1ccc(Cl)cc1)c1cccc(C#N)c1. The summed E-state index contributed by atoms with van der Waals surface area (Å²) in [6, 6.07) is 21.7. The van der Waals surface area contributed by atoms with Gasteiger partial charge in [-0.3, -0.25) is 0 Å². The lowest BCUT2D eigenvalue weighted by atomic mass is 9.86. The minimum atomic E-state index is -3.67. The zero-order valence-corrected chi connectivity index (χ0v) is 18.5. The van der Waals surface area contributed by atoms with Crippen molar-refractivity contribution >= 4 is 21.6 Å². The summed E-state index contributed by atoms with van der Waals surface area (Å²) in [5.74, 6) is -0.871. The highest BCUT2D eigenvalue weighted by Crippen LogP contribution is 2.27. The second-order valence-electron chi connectivity index (χ2n) is 7.47. The molecule has 7 heteroatoms. The smallest absolute Gasteiger partial charge is 0.212 e. The average molecular weight is 457 g/mol. The molecule has 0 spiro atoms. The van der Waals surface area contributed by atoms with Crippen LogP contribution in [0.1, 0.15) is 35.1 Å². The van der Waals surface area contributed by atoms with Crippen molar-refractivity contribution in [1.82, 2.24) is 4.72 Å². The van der Waals surface area contributed by atoms with Gasteiger partial charge >= 0.3 is 0 Å². The van der Waals surface area contributed by atoms with Gasteiger partial charge in [0.2, 0.25) is 10.0 Å². The van der Waals surface area contributed by atoms with Crippen LogP contribution in [0, 0.1) is 17.1 Å². The number of nitriles is 1. The van der Waals surface area contributed by atoms with Gasteiger partial charge < -0.3 is 0 Å². The van der Waals surface area contributed by atoms with Gasteiger partial charge in [-0.1, -0.05) is 48.0 Å². The standard InChI is InChI=1S/C24H22ClFN2O2S/c1-17(28-31(29,30)16-19-7-11-23(26)12-8-19)24(14-18-5-9-22(25)10-6-18)21-4-2-3-20(13-21)15-27/h2-13,17,24,28H,14,16H2,1H3. The van der Waals surface area contributed by atoms with Crippen LogP contribution in [0.5, 0.6) is 0 Å². The Morgan fingerprint density at radius 2 is 1.68 bits per heavy atom. The van der Waals surface area contributed by atoms with Crippen LogP contribution in [0.4, 0.5) is 4.39 Å². The first kappa shape index (κ1) is 23.0. The summed E-state index contributed by atoms with van der Waals surface area (Å²) < 4.78 is 41.4. The van der Waals surface area contributed by atoms with Crippen LogP contribution in [0.15, 0.2) is 72.8 Å². The van der Waals surface area contributed by atoms with Gasteiger partial charge in [0.15, 0.2) is 0 Å². The fourth-order valence-electron chi connectivity index (χ4n) is 3.50. The molecule has 0 aromatic heterocycles. The van der Waals surface area contributed by atoms with Gasteiger partial charge in [0.25, 0.3) is 0 Å². The molecule has 31 heavy (non-hydrogen) atoms. The lowest BCUT2D eigenvalue weighted by molar-refractivity contribution is 0.503. The molecule has 0 bridgehead atoms. The number of nitrogens with one attached hydrogen (secondary N) is 1. The molecule has 0 aliphatic heterocycles. The Morgan fingerprint density at radius 1 is 1.03 bits per heavy atom. The number of benzene rings is 3. The minimum absolute atomic E-state index is 0.211. The predicted octanol–water partition coefficient (Wildman–Crippen LogP) is 5.19. The summed E-state index contributed by atoms with van der Waals surface area (Å²) >= 11 is 5.99. The molecule has 0 heterocycles. The largest absolute Gasteiger partial charge is 0.216 e. The van der Waals surface area contributed by atoms with Crippen LogP contribution in [-0.4, -0.2) is 14.5 Å². The van der Waals surface area contributed by atoms with Gasteiger partial charge in [0, 0.05) is 17.0 Å². The van der Waals surface area contributed by atoms with Crippen molar-refractivity contribution in [3.8, 4) is 6.07 Å². The third-order valence-corrected chi connectivity index (χ3v) is 6.75. The normalized spacial score (nSPS) is 13.4. The fraction of sp³-hybridized carbons (Fsp3) is 0.208. The molecule has 3 aromatic carbocycles. The van der Waals surface area contributed by atoms with E-state index >= 15 is 0 Å². The van der Waals surface area contributed by atoms with Crippen molar-refractivity contribution in [1.29, 1.82) is 5.26 Å². The zero-order valence-electron chi connectivity index (χ0n) is 16.9. The Kier molecular flexibility index (Phi) is 7.45. The van der Waals surface area contributed by atoms with Crippen LogP contribution in [0.3, 0.4) is 0 Å². The van der Waals surface area contributed by atoms with Gasteiger partial charge in [-0.05, 0) is 66.4 Å². The number of rotatable bonds is 8. The molecule has 3 aromatic rings. The van der Waals surface area contributed by atoms with Crippen LogP contribution < -0.4 is 4.72 Å². The predicted molar refractivity (Wildman–Crippen MR) is 121 cm³/mol. The number of nitrogens with zero attached hydrogens (tertiary/aromatic N) is 1. The van der Waals surface area contributed by atoms with Crippen molar-refractivity contribution in [2.75, 3.05) is 0 Å². The molecule has 0 aliphatic carbocycles. The van der Waals surface area contributed by atoms with E-state index in [-0.39, 0.29) is 11.7 Å². The van der Waals surface area contributed by atoms with E-state index in [1.165, 1.54) is 24.3 Å². The van der Waals surface area contributed by atoms with Gasteiger partial charge in [-0.2, -0.15) is 5.26 Å². The van der Waals surface area contributed by atoms with E-state index in [1.807, 2.05) is 25.1 Å². The van der Waals surface area contributed by atoms with E-state index in [1.54, 1.807) is 30.3 Å². The molecule has 1 N–H and O–H groups in total. The quantitative estimate of drug-likeness (QED) is 0.507. The second-order valence-corrected chi connectivity index (χ2v) is 9.66. The first-order valence-corrected chi connectivity index (χ1v) is 11.8. The molecule has 4 nitrogen and oxygen atoms in total. The summed E-state index contributed by atoms with van der Waals surface area (Å²) in [4.78, 5) is 0. The van der Waals surface area contributed by atoms with Crippen LogP contribution in [-0.2, 0) is 22.2 Å². The van der Waals surface area contributed by atoms with Gasteiger partial charge in [0.1, 0.15) is 5.82 Å². The second kappa shape index (κ2) is 10.1. The maximum Gasteiger partial charge on any atom is 0.216 e. The molecule has 2 atom stereocenters. The Balaban J connectivity index is 1.85. The highest BCUT2D eigenvalue weighted by molar-refractivity contribution is 7.88. The highest BCUT2D eigenvalue weighted by atomic mass is 35.5. The van der Waals surface area contributed by atoms with Crippen molar-refractivity contribution < 1.29 is 12.8 Å². The first-order valence-electron chi connectivity index (χ1n) is 9.75. The number of sulfonamides is 1. The zero-order chi connectivity index (χ0) is 22.4. The summed E-state index contributed by atoms with van der Waals surface area (Å²) in [6.45, 7) is 1.81. The van der Waals surface area contributed by atoms with Crippen molar-refractivity contribution in [3.05, 3.63) is 106 Å². The van der Waals surface area contributed by atoms with Crippen molar-refractivity contribution in [3.63, 3.8) is 0 Å². The van der Waals surface area contributed by atoms with Crippen molar-refractivity contribution in [2.24, 2.45) is 0 Å². The van der Waals surface area contributed by atoms with E-state index in [0.717, 1.165) is 11.1 Å². The lowest BCUT2D eigenvalue weighted by Gasteiger charge is -2.26. The van der Waals surface area contributed by atoms with E-state index in [0.29, 0.717) is 22.6 Å². The molecule has 0 radical (unpaired) electrons. The Labute approximate surface area is 187 Å². The third-order valence-electron chi connectivity index (χ3n) is 5.05. The molecule has 160 valence electrons. The molecule has 0 saturated heterocycles. The highest BCUT2D eigenvalue weighted by Gasteiger charge is 2.25. The van der Waals surface area contributed by atoms with Gasteiger partial charge in [-0.15, -0.1) is 0 Å². The first-order chi connectivity index (χ1) is 14.8. The summed E-state index contributed by atoms with van der Waals surface area (Å²) in [5.41, 5.74) is 2.88. The van der Waals surface area contributed by atoms with Crippen molar-refractivity contribution in [2.45, 2.75) is 31.1 Å². The maximum absolute atomic E-state index is 13.1. The fourth-order valence-corrected chi connectivity index (χ4v) is 5.07. The molecule has 0 fully saturated rings. The van der Waals surface area contributed by atoms with Gasteiger partial charge in [-0.25, -0.2) is 17.5 Å². The Hall–Kier alpha value is -2.72. The van der Waals surface area contributed by atoms with E-state index < -0.39 is 21.9 Å². The van der Waals surface area contributed by atoms with E-state index in [9.17, 15) is 18.1 Å². The summed E-state index contributed by atoms with van der Waals surface area (Å²) in [7, 11) is -3.67. The van der Waals surface area contributed by atoms with Crippen LogP contribution in [0.2, 0.25) is 5.02 Å². The number of halogens is 2. The number of hydrogen-bond acceptors (Lipinski definition) is 3. The Bertz CT molecular complexity index is 1170. The molecule has 0 aliphatic rings. The van der Waals surface area contributed by atoms with Gasteiger partial charge in [0.05, 0.1) is 17.4 Å². The lowest BCUT2D eigenvalue weighted by Crippen LogP contribution is -2.38. The minimum Gasteiger partial charge on any atom is -0.212 e. The van der Waals surface area contributed by atoms with Crippen LogP contribution >= 0.6 is 11.6 Å². The van der Waals surface area contributed by atoms with Crippen LogP contribution in [0.25, 0.3) is 0 Å². The molecule has 0 amide bonds. The molecule has 3 rings (SSSR count). The summed E-state index contributed by atoms with van der Waals surface area (Å²) in [6.07, 6.45) is 0.562. The topological polar surface area (TPSA) is 70.0 Å². The average Bonchev–Trinajstić information content (AvgIpc) is 2.74. The molecular formula is C24H22ClFN2O2S. The van der Waals surface area contributed by atoms with E-state index in [2.05, 4.69) is 10.8 Å². The maximum atomic E-state index is 13.1. The number of hydrogen-bond donors (Lipinski definition) is 1.